The highest BCUT2D eigenvalue weighted by atomic mass is 79.9. The van der Waals surface area contributed by atoms with Crippen LogP contribution in [0, 0.1) is 20.8 Å². The number of amides is 1. The fourth-order valence-electron chi connectivity index (χ4n) is 1.78. The zero-order valence-electron chi connectivity index (χ0n) is 10.3. The average molecular weight is 284 g/mol. The van der Waals surface area contributed by atoms with Crippen molar-refractivity contribution in [1.82, 2.24) is 0 Å². The second-order valence-corrected chi connectivity index (χ2v) is 4.92. The van der Waals surface area contributed by atoms with Gasteiger partial charge in [0, 0.05) is 16.6 Å². The maximum atomic E-state index is 11.6. The van der Waals surface area contributed by atoms with Gasteiger partial charge in [0.1, 0.15) is 0 Å². The standard InChI is InChI=1S/C13H18BrNO/c1-5-6-11(16)15-13-9(3)7-8(2)12(14)10(13)4/h7H,5-6H2,1-4H3,(H,15,16). The number of hydrogen-bond donors (Lipinski definition) is 1. The van der Waals surface area contributed by atoms with Crippen LogP contribution in [0.15, 0.2) is 10.5 Å². The van der Waals surface area contributed by atoms with Crippen molar-refractivity contribution in [2.45, 2.75) is 40.5 Å². The van der Waals surface area contributed by atoms with Crippen molar-refractivity contribution in [3.63, 3.8) is 0 Å². The lowest BCUT2D eigenvalue weighted by Gasteiger charge is -2.14. The molecule has 0 spiro atoms. The normalized spacial score (nSPS) is 10.3. The van der Waals surface area contributed by atoms with Crippen molar-refractivity contribution >= 4 is 27.5 Å². The van der Waals surface area contributed by atoms with Crippen LogP contribution in [-0.4, -0.2) is 5.91 Å². The summed E-state index contributed by atoms with van der Waals surface area (Å²) in [6.07, 6.45) is 1.45. The van der Waals surface area contributed by atoms with Gasteiger partial charge in [-0.25, -0.2) is 0 Å². The quantitative estimate of drug-likeness (QED) is 0.889. The Labute approximate surface area is 106 Å². The topological polar surface area (TPSA) is 29.1 Å². The summed E-state index contributed by atoms with van der Waals surface area (Å²) in [5.74, 6) is 0.0875. The predicted octanol–water partition coefficient (Wildman–Crippen LogP) is 4.11. The first-order valence-electron chi connectivity index (χ1n) is 5.53. The monoisotopic (exact) mass is 283 g/mol. The van der Waals surface area contributed by atoms with E-state index in [9.17, 15) is 4.79 Å². The maximum absolute atomic E-state index is 11.6. The van der Waals surface area contributed by atoms with Gasteiger partial charge in [-0.3, -0.25) is 4.79 Å². The first-order chi connectivity index (χ1) is 7.47. The third-order valence-corrected chi connectivity index (χ3v) is 3.84. The zero-order chi connectivity index (χ0) is 12.3. The lowest BCUT2D eigenvalue weighted by molar-refractivity contribution is -0.116. The lowest BCUT2D eigenvalue weighted by Crippen LogP contribution is -2.13. The summed E-state index contributed by atoms with van der Waals surface area (Å²) in [5, 5.41) is 2.98. The van der Waals surface area contributed by atoms with E-state index >= 15 is 0 Å². The summed E-state index contributed by atoms with van der Waals surface area (Å²) in [4.78, 5) is 11.6. The largest absolute Gasteiger partial charge is 0.326 e. The second kappa shape index (κ2) is 5.48. The molecule has 1 aromatic carbocycles. The highest BCUT2D eigenvalue weighted by Crippen LogP contribution is 2.30. The van der Waals surface area contributed by atoms with Gasteiger partial charge >= 0.3 is 0 Å². The highest BCUT2D eigenvalue weighted by molar-refractivity contribution is 9.10. The molecule has 0 saturated carbocycles. The first kappa shape index (κ1) is 13.2. The molecule has 0 bridgehead atoms. The van der Waals surface area contributed by atoms with Crippen molar-refractivity contribution in [2.75, 3.05) is 5.32 Å². The molecule has 0 aromatic heterocycles. The summed E-state index contributed by atoms with van der Waals surface area (Å²) < 4.78 is 1.07. The molecule has 1 N–H and O–H groups in total. The van der Waals surface area contributed by atoms with Crippen molar-refractivity contribution in [3.05, 3.63) is 27.2 Å². The van der Waals surface area contributed by atoms with Crippen LogP contribution in [0.2, 0.25) is 0 Å². The Balaban J connectivity index is 3.05. The molecule has 0 fully saturated rings. The van der Waals surface area contributed by atoms with Crippen LogP contribution < -0.4 is 5.32 Å². The summed E-state index contributed by atoms with van der Waals surface area (Å²) in [5.41, 5.74) is 4.35. The van der Waals surface area contributed by atoms with Crippen LogP contribution in [0.5, 0.6) is 0 Å². The molecule has 0 aliphatic heterocycles. The van der Waals surface area contributed by atoms with E-state index in [1.165, 1.54) is 5.56 Å². The van der Waals surface area contributed by atoms with Gasteiger partial charge in [-0.15, -0.1) is 0 Å². The minimum Gasteiger partial charge on any atom is -0.326 e. The molecule has 0 atom stereocenters. The molecule has 0 saturated heterocycles. The van der Waals surface area contributed by atoms with Crippen LogP contribution in [0.1, 0.15) is 36.5 Å². The van der Waals surface area contributed by atoms with Crippen LogP contribution in [0.4, 0.5) is 5.69 Å². The second-order valence-electron chi connectivity index (χ2n) is 4.12. The molecule has 0 aliphatic carbocycles. The number of carbonyl (C=O) groups excluding carboxylic acids is 1. The molecule has 2 nitrogen and oxygen atoms in total. The van der Waals surface area contributed by atoms with Gasteiger partial charge in [-0.05, 0) is 43.9 Å². The van der Waals surface area contributed by atoms with Crippen molar-refractivity contribution in [2.24, 2.45) is 0 Å². The van der Waals surface area contributed by atoms with Crippen LogP contribution in [0.25, 0.3) is 0 Å². The third-order valence-electron chi connectivity index (χ3n) is 2.62. The van der Waals surface area contributed by atoms with Gasteiger partial charge in [0.15, 0.2) is 0 Å². The van der Waals surface area contributed by atoms with Gasteiger partial charge in [-0.2, -0.15) is 0 Å². The van der Waals surface area contributed by atoms with Gasteiger partial charge in [0.05, 0.1) is 0 Å². The van der Waals surface area contributed by atoms with Gasteiger partial charge in [0.2, 0.25) is 5.91 Å². The molecule has 1 amide bonds. The number of anilines is 1. The molecule has 0 aliphatic rings. The summed E-state index contributed by atoms with van der Waals surface area (Å²) in [6, 6.07) is 2.08. The Kier molecular flexibility index (Phi) is 4.54. The van der Waals surface area contributed by atoms with E-state index in [4.69, 9.17) is 0 Å². The number of halogens is 1. The Hall–Kier alpha value is -0.830. The first-order valence-corrected chi connectivity index (χ1v) is 6.32. The number of benzene rings is 1. The van der Waals surface area contributed by atoms with E-state index in [-0.39, 0.29) is 5.91 Å². The number of nitrogens with one attached hydrogen (secondary N) is 1. The minimum absolute atomic E-state index is 0.0875. The summed E-state index contributed by atoms with van der Waals surface area (Å²) in [6.45, 7) is 8.10. The Morgan fingerprint density at radius 1 is 1.31 bits per heavy atom. The molecule has 3 heteroatoms. The highest BCUT2D eigenvalue weighted by Gasteiger charge is 2.11. The number of rotatable bonds is 3. The maximum Gasteiger partial charge on any atom is 0.224 e. The average Bonchev–Trinajstić information content (AvgIpc) is 2.22. The Bertz CT molecular complexity index is 413. The van der Waals surface area contributed by atoms with E-state index in [1.807, 2.05) is 20.8 Å². The number of carbonyl (C=O) groups is 1. The molecule has 0 heterocycles. The van der Waals surface area contributed by atoms with E-state index in [2.05, 4.69) is 34.2 Å². The fourth-order valence-corrected chi connectivity index (χ4v) is 2.10. The van der Waals surface area contributed by atoms with Crippen LogP contribution >= 0.6 is 15.9 Å². The molecule has 88 valence electrons. The fraction of sp³-hybridized carbons (Fsp3) is 0.462. The van der Waals surface area contributed by atoms with Crippen LogP contribution in [0.3, 0.4) is 0 Å². The Morgan fingerprint density at radius 2 is 1.94 bits per heavy atom. The summed E-state index contributed by atoms with van der Waals surface area (Å²) in [7, 11) is 0. The van der Waals surface area contributed by atoms with Crippen molar-refractivity contribution in [1.29, 1.82) is 0 Å². The van der Waals surface area contributed by atoms with Crippen molar-refractivity contribution in [3.8, 4) is 0 Å². The SMILES string of the molecule is CCCC(=O)Nc1c(C)cc(C)c(Br)c1C. The summed E-state index contributed by atoms with van der Waals surface area (Å²) >= 11 is 3.54. The van der Waals surface area contributed by atoms with Gasteiger partial charge in [-0.1, -0.05) is 28.9 Å². The number of aryl methyl sites for hydroxylation is 2. The molecule has 16 heavy (non-hydrogen) atoms. The Morgan fingerprint density at radius 3 is 2.50 bits per heavy atom. The van der Waals surface area contributed by atoms with E-state index in [0.717, 1.165) is 27.7 Å². The molecule has 0 radical (unpaired) electrons. The minimum atomic E-state index is 0.0875. The van der Waals surface area contributed by atoms with Gasteiger partial charge < -0.3 is 5.32 Å². The molecule has 1 rings (SSSR count). The van der Waals surface area contributed by atoms with E-state index in [0.29, 0.717) is 6.42 Å². The number of hydrogen-bond acceptors (Lipinski definition) is 1. The van der Waals surface area contributed by atoms with E-state index in [1.54, 1.807) is 0 Å². The molecule has 1 aromatic rings. The molecule has 0 unspecified atom stereocenters. The smallest absolute Gasteiger partial charge is 0.224 e. The van der Waals surface area contributed by atoms with Crippen LogP contribution in [-0.2, 0) is 4.79 Å². The molecular weight excluding hydrogens is 266 g/mol. The van der Waals surface area contributed by atoms with Crippen molar-refractivity contribution < 1.29 is 4.79 Å². The third kappa shape index (κ3) is 2.85. The predicted molar refractivity (Wildman–Crippen MR) is 71.9 cm³/mol. The van der Waals surface area contributed by atoms with E-state index < -0.39 is 0 Å². The zero-order valence-corrected chi connectivity index (χ0v) is 11.9. The molecular formula is C13H18BrNO. The lowest BCUT2D eigenvalue weighted by atomic mass is 10.0. The van der Waals surface area contributed by atoms with Gasteiger partial charge in [0.25, 0.3) is 0 Å².